The first kappa shape index (κ1) is 21.8. The summed E-state index contributed by atoms with van der Waals surface area (Å²) in [6.45, 7) is 8.44. The van der Waals surface area contributed by atoms with E-state index in [-0.39, 0.29) is 0 Å². The molecular weight excluding hydrogens is 404 g/mol. The molecule has 2 aliphatic heterocycles. The van der Waals surface area contributed by atoms with Crippen molar-refractivity contribution >= 4 is 34.9 Å². The summed E-state index contributed by atoms with van der Waals surface area (Å²) in [6.07, 6.45) is 6.13. The van der Waals surface area contributed by atoms with Crippen molar-refractivity contribution < 1.29 is 0 Å². The monoisotopic (exact) mass is 438 g/mol. The Morgan fingerprint density at radius 3 is 2.48 bits per heavy atom. The van der Waals surface area contributed by atoms with Gasteiger partial charge in [0, 0.05) is 38.3 Å². The van der Waals surface area contributed by atoms with Gasteiger partial charge in [-0.2, -0.15) is 9.97 Å². The van der Waals surface area contributed by atoms with Crippen LogP contribution in [0.5, 0.6) is 0 Å². The Balaban J connectivity index is 1.51. The molecule has 0 bridgehead atoms. The van der Waals surface area contributed by atoms with Gasteiger partial charge in [0.05, 0.1) is 0 Å². The van der Waals surface area contributed by atoms with E-state index in [0.29, 0.717) is 23.6 Å². The number of thiocarbonyl (C=S) groups is 1. The van der Waals surface area contributed by atoms with Gasteiger partial charge in [0.25, 0.3) is 0 Å². The van der Waals surface area contributed by atoms with Gasteiger partial charge in [-0.3, -0.25) is 0 Å². The number of rotatable bonds is 5. The third-order valence-electron chi connectivity index (χ3n) is 6.43. The van der Waals surface area contributed by atoms with E-state index in [1.165, 1.54) is 37.7 Å². The van der Waals surface area contributed by atoms with E-state index in [4.69, 9.17) is 22.2 Å². The minimum Gasteiger partial charge on any atom is -0.358 e. The predicted octanol–water partition coefficient (Wildman–Crippen LogP) is 4.58. The molecule has 0 spiro atoms. The van der Waals surface area contributed by atoms with Crippen LogP contribution in [0.15, 0.2) is 36.4 Å². The van der Waals surface area contributed by atoms with Crippen LogP contribution in [0.1, 0.15) is 51.5 Å². The van der Waals surface area contributed by atoms with Gasteiger partial charge < -0.3 is 20.4 Å². The maximum atomic E-state index is 5.54. The van der Waals surface area contributed by atoms with Gasteiger partial charge in [-0.05, 0) is 62.7 Å². The molecule has 0 unspecified atom stereocenters. The molecule has 2 fully saturated rings. The quantitative estimate of drug-likeness (QED) is 0.663. The maximum absolute atomic E-state index is 5.54. The molecule has 2 saturated heterocycles. The normalized spacial score (nSPS) is 19.9. The summed E-state index contributed by atoms with van der Waals surface area (Å²) in [5, 5.41) is 7.06. The van der Waals surface area contributed by atoms with Gasteiger partial charge in [0.2, 0.25) is 5.95 Å². The average molecular weight is 439 g/mol. The van der Waals surface area contributed by atoms with Crippen molar-refractivity contribution in [2.75, 3.05) is 34.8 Å². The Morgan fingerprint density at radius 2 is 1.74 bits per heavy atom. The first-order valence-electron chi connectivity index (χ1n) is 11.6. The standard InChI is InChI=1S/C24H34N6S/c1-18-11-14-29(15-12-18)21-16-22(30-13-7-6-8-19(30)2)27-23(26-21)28-24(31)25-17-20-9-4-3-5-10-20/h3-5,9-10,16,18-19H,6-8,11-15,17H2,1-2H3,(H2,25,26,27,28,31)/t19-/m1/s1. The largest absolute Gasteiger partial charge is 0.358 e. The van der Waals surface area contributed by atoms with Gasteiger partial charge in [0.1, 0.15) is 11.6 Å². The number of nitrogens with one attached hydrogen (secondary N) is 2. The molecule has 2 aliphatic rings. The van der Waals surface area contributed by atoms with Crippen LogP contribution in [0, 0.1) is 5.92 Å². The molecule has 0 aliphatic carbocycles. The number of benzene rings is 1. The zero-order valence-electron chi connectivity index (χ0n) is 18.7. The number of anilines is 3. The number of aromatic nitrogens is 2. The van der Waals surface area contributed by atoms with Crippen molar-refractivity contribution in [3.05, 3.63) is 42.0 Å². The van der Waals surface area contributed by atoms with Crippen LogP contribution in [0.4, 0.5) is 17.6 Å². The molecule has 7 heteroatoms. The first-order valence-corrected chi connectivity index (χ1v) is 12.0. The Morgan fingerprint density at radius 1 is 1.00 bits per heavy atom. The van der Waals surface area contributed by atoms with E-state index in [1.54, 1.807) is 0 Å². The number of piperidine rings is 2. The third-order valence-corrected chi connectivity index (χ3v) is 6.67. The summed E-state index contributed by atoms with van der Waals surface area (Å²) in [5.41, 5.74) is 1.19. The fraction of sp³-hybridized carbons (Fsp3) is 0.542. The third kappa shape index (κ3) is 5.85. The zero-order valence-corrected chi connectivity index (χ0v) is 19.5. The Kier molecular flexibility index (Phi) is 7.22. The number of hydrogen-bond donors (Lipinski definition) is 2. The summed E-state index contributed by atoms with van der Waals surface area (Å²) in [6, 6.07) is 12.9. The molecule has 3 heterocycles. The molecule has 2 N–H and O–H groups in total. The van der Waals surface area contributed by atoms with Crippen LogP contribution in [0.2, 0.25) is 0 Å². The van der Waals surface area contributed by atoms with Gasteiger partial charge in [-0.15, -0.1) is 0 Å². The lowest BCUT2D eigenvalue weighted by molar-refractivity contribution is 0.436. The smallest absolute Gasteiger partial charge is 0.232 e. The lowest BCUT2D eigenvalue weighted by Crippen LogP contribution is -2.39. The summed E-state index contributed by atoms with van der Waals surface area (Å²) in [7, 11) is 0. The second-order valence-corrected chi connectivity index (χ2v) is 9.32. The molecule has 0 amide bonds. The van der Waals surface area contributed by atoms with Crippen molar-refractivity contribution in [3.8, 4) is 0 Å². The molecule has 6 nitrogen and oxygen atoms in total. The fourth-order valence-corrected chi connectivity index (χ4v) is 4.55. The average Bonchev–Trinajstić information content (AvgIpc) is 2.79. The highest BCUT2D eigenvalue weighted by molar-refractivity contribution is 7.80. The van der Waals surface area contributed by atoms with Crippen molar-refractivity contribution in [1.29, 1.82) is 0 Å². The summed E-state index contributed by atoms with van der Waals surface area (Å²) in [4.78, 5) is 14.5. The lowest BCUT2D eigenvalue weighted by Gasteiger charge is -2.36. The topological polar surface area (TPSA) is 56.3 Å². The number of nitrogens with zero attached hydrogens (tertiary/aromatic N) is 4. The molecule has 1 aromatic heterocycles. The molecule has 1 aromatic carbocycles. The van der Waals surface area contributed by atoms with Crippen LogP contribution >= 0.6 is 12.2 Å². The summed E-state index contributed by atoms with van der Waals surface area (Å²) >= 11 is 5.54. The van der Waals surface area contributed by atoms with Gasteiger partial charge in [0.15, 0.2) is 5.11 Å². The van der Waals surface area contributed by atoms with E-state index in [1.807, 2.05) is 18.2 Å². The molecule has 1 atom stereocenters. The van der Waals surface area contributed by atoms with Crippen molar-refractivity contribution in [3.63, 3.8) is 0 Å². The Bertz CT molecular complexity index is 866. The van der Waals surface area contributed by atoms with Gasteiger partial charge in [-0.1, -0.05) is 37.3 Å². The van der Waals surface area contributed by atoms with Crippen LogP contribution in [0.3, 0.4) is 0 Å². The summed E-state index contributed by atoms with van der Waals surface area (Å²) < 4.78 is 0. The molecule has 0 saturated carbocycles. The Labute approximate surface area is 191 Å². The van der Waals surface area contributed by atoms with Crippen molar-refractivity contribution in [2.24, 2.45) is 5.92 Å². The SMILES string of the molecule is CC1CCN(c2cc(N3CCCC[C@H]3C)nc(NC(=S)NCc3ccccc3)n2)CC1. The highest BCUT2D eigenvalue weighted by Crippen LogP contribution is 2.29. The molecule has 166 valence electrons. The van der Waals surface area contributed by atoms with Crippen molar-refractivity contribution in [1.82, 2.24) is 15.3 Å². The molecule has 31 heavy (non-hydrogen) atoms. The van der Waals surface area contributed by atoms with Crippen molar-refractivity contribution in [2.45, 2.75) is 58.5 Å². The zero-order chi connectivity index (χ0) is 21.6. The van der Waals surface area contributed by atoms with Crippen LogP contribution in [-0.2, 0) is 6.54 Å². The van der Waals surface area contributed by atoms with E-state index >= 15 is 0 Å². The summed E-state index contributed by atoms with van der Waals surface area (Å²) in [5.74, 6) is 3.37. The predicted molar refractivity (Wildman–Crippen MR) is 133 cm³/mol. The molecule has 0 radical (unpaired) electrons. The molecular formula is C24H34N6S. The van der Waals surface area contributed by atoms with E-state index in [9.17, 15) is 0 Å². The minimum atomic E-state index is 0.494. The second-order valence-electron chi connectivity index (χ2n) is 8.91. The van der Waals surface area contributed by atoms with Crippen LogP contribution in [0.25, 0.3) is 0 Å². The first-order chi connectivity index (χ1) is 15.1. The lowest BCUT2D eigenvalue weighted by atomic mass is 9.99. The van der Waals surface area contributed by atoms with E-state index < -0.39 is 0 Å². The molecule has 2 aromatic rings. The van der Waals surface area contributed by atoms with Gasteiger partial charge in [-0.25, -0.2) is 0 Å². The second kappa shape index (κ2) is 10.3. The van der Waals surface area contributed by atoms with E-state index in [0.717, 1.165) is 37.2 Å². The Hall–Kier alpha value is -2.41. The minimum absolute atomic E-state index is 0.494. The maximum Gasteiger partial charge on any atom is 0.232 e. The fourth-order valence-electron chi connectivity index (χ4n) is 4.39. The highest BCUT2D eigenvalue weighted by atomic mass is 32.1. The van der Waals surface area contributed by atoms with Crippen LogP contribution in [-0.4, -0.2) is 40.8 Å². The number of hydrogen-bond acceptors (Lipinski definition) is 5. The molecule has 4 rings (SSSR count). The van der Waals surface area contributed by atoms with Gasteiger partial charge >= 0.3 is 0 Å². The van der Waals surface area contributed by atoms with Crippen LogP contribution < -0.4 is 20.4 Å². The van der Waals surface area contributed by atoms with E-state index in [2.05, 4.69) is 52.5 Å². The highest BCUT2D eigenvalue weighted by Gasteiger charge is 2.24.